The van der Waals surface area contributed by atoms with E-state index in [1.54, 1.807) is 18.3 Å². The van der Waals surface area contributed by atoms with E-state index < -0.39 is 5.41 Å². The third kappa shape index (κ3) is 6.54. The third-order valence-electron chi connectivity index (χ3n) is 4.32. The quantitative estimate of drug-likeness (QED) is 0.297. The van der Waals surface area contributed by atoms with E-state index in [0.717, 1.165) is 14.9 Å². The van der Waals surface area contributed by atoms with Crippen molar-refractivity contribution in [3.05, 3.63) is 58.3 Å². The van der Waals surface area contributed by atoms with Crippen LogP contribution in [-0.2, 0) is 4.79 Å². The van der Waals surface area contributed by atoms with Gasteiger partial charge in [-0.2, -0.15) is 4.98 Å². The summed E-state index contributed by atoms with van der Waals surface area (Å²) in [6.07, 6.45) is 1.72. The molecule has 2 aromatic carbocycles. The fourth-order valence-corrected chi connectivity index (χ4v) is 2.98. The number of nitrogens with zero attached hydrogens (tertiary/aromatic N) is 2. The Kier molecular flexibility index (Phi) is 7.86. The number of carbonyl (C=O) groups excluding carboxylic acids is 1. The molecule has 0 unspecified atom stereocenters. The summed E-state index contributed by atoms with van der Waals surface area (Å²) in [5.74, 6) is 1.64. The molecule has 0 saturated heterocycles. The molecule has 1 amide bonds. The van der Waals surface area contributed by atoms with Crippen molar-refractivity contribution >= 4 is 57.3 Å². The Hall–Kier alpha value is -2.92. The Labute approximate surface area is 201 Å². The van der Waals surface area contributed by atoms with Crippen molar-refractivity contribution < 1.29 is 14.6 Å². The van der Waals surface area contributed by atoms with Crippen molar-refractivity contribution in [1.29, 1.82) is 0 Å². The second-order valence-corrected chi connectivity index (χ2v) is 9.15. The normalized spacial score (nSPS) is 11.0. The minimum Gasteiger partial charge on any atom is -0.491 e. The molecule has 0 bridgehead atoms. The highest BCUT2D eigenvalue weighted by Gasteiger charge is 2.22. The summed E-state index contributed by atoms with van der Waals surface area (Å²) in [6.45, 7) is 5.83. The van der Waals surface area contributed by atoms with Crippen LogP contribution in [-0.4, -0.2) is 34.2 Å². The molecule has 1 aromatic heterocycles. The largest absolute Gasteiger partial charge is 0.491 e. The van der Waals surface area contributed by atoms with E-state index in [4.69, 9.17) is 9.84 Å². The van der Waals surface area contributed by atoms with Gasteiger partial charge in [0.2, 0.25) is 11.9 Å². The zero-order valence-corrected chi connectivity index (χ0v) is 20.3. The molecule has 32 heavy (non-hydrogen) atoms. The van der Waals surface area contributed by atoms with Gasteiger partial charge in [-0.3, -0.25) is 4.79 Å². The number of hydrogen-bond donors (Lipinski definition) is 4. The van der Waals surface area contributed by atoms with Crippen molar-refractivity contribution in [1.82, 2.24) is 9.97 Å². The lowest BCUT2D eigenvalue weighted by molar-refractivity contribution is -0.123. The van der Waals surface area contributed by atoms with E-state index in [1.807, 2.05) is 57.2 Å². The van der Waals surface area contributed by atoms with Crippen LogP contribution in [0.15, 0.2) is 54.7 Å². The molecule has 3 rings (SSSR count). The van der Waals surface area contributed by atoms with E-state index in [-0.39, 0.29) is 19.1 Å². The first-order chi connectivity index (χ1) is 15.3. The van der Waals surface area contributed by atoms with Gasteiger partial charge < -0.3 is 25.8 Å². The van der Waals surface area contributed by atoms with Crippen LogP contribution in [0.2, 0.25) is 0 Å². The number of ether oxygens (including phenoxy) is 1. The van der Waals surface area contributed by atoms with Crippen LogP contribution in [0.4, 0.5) is 28.8 Å². The summed E-state index contributed by atoms with van der Waals surface area (Å²) in [7, 11) is 0. The van der Waals surface area contributed by atoms with Crippen LogP contribution in [0.1, 0.15) is 20.8 Å². The number of carbonyl (C=O) groups is 1. The van der Waals surface area contributed by atoms with Gasteiger partial charge >= 0.3 is 0 Å². The number of aliphatic hydroxyl groups is 1. The maximum absolute atomic E-state index is 12.4. The van der Waals surface area contributed by atoms with Crippen molar-refractivity contribution in [3.63, 3.8) is 0 Å². The first kappa shape index (κ1) is 23.7. The Morgan fingerprint density at radius 1 is 1.06 bits per heavy atom. The standard InChI is InChI=1S/C23H26IN5O3/c1-23(2,3)21(31)28-19-7-5-4-6-18(19)27-20-17(24)14-25-22(29-20)26-15-8-10-16(11-9-15)32-13-12-30/h4-11,14,30H,12-13H2,1-3H3,(H,28,31)(H2,25,26,27,29). The van der Waals surface area contributed by atoms with Gasteiger partial charge in [-0.1, -0.05) is 32.9 Å². The van der Waals surface area contributed by atoms with Crippen molar-refractivity contribution in [2.45, 2.75) is 20.8 Å². The molecule has 1 heterocycles. The van der Waals surface area contributed by atoms with Crippen LogP contribution in [0.25, 0.3) is 0 Å². The third-order valence-corrected chi connectivity index (χ3v) is 5.11. The van der Waals surface area contributed by atoms with Crippen molar-refractivity contribution in [3.8, 4) is 5.75 Å². The monoisotopic (exact) mass is 547 g/mol. The fourth-order valence-electron chi connectivity index (χ4n) is 2.58. The lowest BCUT2D eigenvalue weighted by atomic mass is 9.95. The zero-order valence-electron chi connectivity index (χ0n) is 18.1. The Morgan fingerprint density at radius 2 is 1.75 bits per heavy atom. The number of nitrogens with one attached hydrogen (secondary N) is 3. The number of hydrogen-bond acceptors (Lipinski definition) is 7. The molecule has 0 aliphatic heterocycles. The molecule has 168 valence electrons. The highest BCUT2D eigenvalue weighted by atomic mass is 127. The maximum atomic E-state index is 12.4. The van der Waals surface area contributed by atoms with Gasteiger partial charge in [0.25, 0.3) is 0 Å². The molecule has 9 heteroatoms. The number of aromatic nitrogens is 2. The lowest BCUT2D eigenvalue weighted by Crippen LogP contribution is -2.27. The zero-order chi connectivity index (χ0) is 23.1. The average molecular weight is 547 g/mol. The smallest absolute Gasteiger partial charge is 0.229 e. The van der Waals surface area contributed by atoms with Gasteiger partial charge in [-0.25, -0.2) is 4.98 Å². The number of benzene rings is 2. The van der Waals surface area contributed by atoms with Crippen molar-refractivity contribution in [2.24, 2.45) is 5.41 Å². The molecule has 0 atom stereocenters. The molecule has 0 fully saturated rings. The molecular formula is C23H26IN5O3. The highest BCUT2D eigenvalue weighted by molar-refractivity contribution is 14.1. The predicted molar refractivity (Wildman–Crippen MR) is 135 cm³/mol. The van der Waals surface area contributed by atoms with E-state index in [9.17, 15) is 4.79 Å². The van der Waals surface area contributed by atoms with Gasteiger partial charge in [0, 0.05) is 17.3 Å². The summed E-state index contributed by atoms with van der Waals surface area (Å²) < 4.78 is 6.20. The van der Waals surface area contributed by atoms with Gasteiger partial charge in [0.15, 0.2) is 0 Å². The first-order valence-corrected chi connectivity index (χ1v) is 11.1. The average Bonchev–Trinajstić information content (AvgIpc) is 2.76. The molecule has 8 nitrogen and oxygen atoms in total. The van der Waals surface area contributed by atoms with Gasteiger partial charge in [-0.15, -0.1) is 0 Å². The van der Waals surface area contributed by atoms with Gasteiger partial charge in [0.05, 0.1) is 21.6 Å². The summed E-state index contributed by atoms with van der Waals surface area (Å²) in [4.78, 5) is 21.4. The SMILES string of the molecule is CC(C)(C)C(=O)Nc1ccccc1Nc1nc(Nc2ccc(OCCO)cc2)ncc1I. The Morgan fingerprint density at radius 3 is 2.41 bits per heavy atom. The predicted octanol–water partition coefficient (Wildman–Crippen LogP) is 4.92. The molecular weight excluding hydrogens is 521 g/mol. The molecule has 3 aromatic rings. The molecule has 0 spiro atoms. The highest BCUT2D eigenvalue weighted by Crippen LogP contribution is 2.29. The summed E-state index contributed by atoms with van der Waals surface area (Å²) in [6, 6.07) is 14.8. The summed E-state index contributed by atoms with van der Waals surface area (Å²) >= 11 is 2.16. The number of halogens is 1. The Balaban J connectivity index is 1.76. The van der Waals surface area contributed by atoms with Crippen LogP contribution in [0, 0.1) is 8.99 Å². The Bertz CT molecular complexity index is 1070. The lowest BCUT2D eigenvalue weighted by Gasteiger charge is -2.20. The second kappa shape index (κ2) is 10.6. The van der Waals surface area contributed by atoms with Crippen LogP contribution >= 0.6 is 22.6 Å². The van der Waals surface area contributed by atoms with Crippen LogP contribution in [0.5, 0.6) is 5.75 Å². The van der Waals surface area contributed by atoms with Crippen LogP contribution in [0.3, 0.4) is 0 Å². The summed E-state index contributed by atoms with van der Waals surface area (Å²) in [5.41, 5.74) is 1.70. The number of amides is 1. The number of anilines is 5. The number of para-hydroxylation sites is 2. The first-order valence-electron chi connectivity index (χ1n) is 10.1. The van der Waals surface area contributed by atoms with Gasteiger partial charge in [0.1, 0.15) is 18.2 Å². The molecule has 0 saturated carbocycles. The van der Waals surface area contributed by atoms with E-state index in [2.05, 4.69) is 48.5 Å². The number of aliphatic hydroxyl groups excluding tert-OH is 1. The summed E-state index contributed by atoms with van der Waals surface area (Å²) in [5, 5.41) is 18.3. The second-order valence-electron chi connectivity index (χ2n) is 7.99. The maximum Gasteiger partial charge on any atom is 0.229 e. The minimum atomic E-state index is -0.508. The van der Waals surface area contributed by atoms with Gasteiger partial charge in [-0.05, 0) is 59.0 Å². The fraction of sp³-hybridized carbons (Fsp3) is 0.261. The van der Waals surface area contributed by atoms with Crippen LogP contribution < -0.4 is 20.7 Å². The number of rotatable bonds is 8. The molecule has 4 N–H and O–H groups in total. The molecule has 0 aliphatic carbocycles. The molecule has 0 radical (unpaired) electrons. The van der Waals surface area contributed by atoms with E-state index in [0.29, 0.717) is 23.2 Å². The minimum absolute atomic E-state index is 0.0325. The van der Waals surface area contributed by atoms with E-state index in [1.165, 1.54) is 0 Å². The molecule has 0 aliphatic rings. The topological polar surface area (TPSA) is 108 Å². The van der Waals surface area contributed by atoms with Crippen molar-refractivity contribution in [2.75, 3.05) is 29.2 Å². The van der Waals surface area contributed by atoms with E-state index >= 15 is 0 Å².